The smallest absolute Gasteiger partial charge is 0.104 e. The van der Waals surface area contributed by atoms with Crippen LogP contribution in [-0.2, 0) is 0 Å². The molecule has 7 heavy (non-hydrogen) atoms. The van der Waals surface area contributed by atoms with Crippen molar-refractivity contribution in [2.24, 2.45) is 5.92 Å². The summed E-state index contributed by atoms with van der Waals surface area (Å²) >= 11 is 0. The highest BCUT2D eigenvalue weighted by atomic mass is 14.9. The normalized spacial score (nSPS) is 28.1. The van der Waals surface area contributed by atoms with E-state index < -0.39 is 0 Å². The standard InChI is InChI=1S/C5H8N2/c1-4-2-3-7-5(4)6/h2-4H,1H3,(H2,6,7). The van der Waals surface area contributed by atoms with E-state index in [1.54, 1.807) is 6.20 Å². The fourth-order valence-electron chi connectivity index (χ4n) is 0.510. The summed E-state index contributed by atoms with van der Waals surface area (Å²) in [5, 5.41) is 9.85. The molecule has 2 N–H and O–H groups in total. The van der Waals surface area contributed by atoms with Crippen LogP contribution in [-0.4, -0.2) is 5.84 Å². The highest BCUT2D eigenvalue weighted by molar-refractivity contribution is 5.85. The molecule has 0 bridgehead atoms. The van der Waals surface area contributed by atoms with Gasteiger partial charge in [0.05, 0.1) is 0 Å². The third-order valence-electron chi connectivity index (χ3n) is 1.08. The molecule has 0 aromatic heterocycles. The first kappa shape index (κ1) is 4.37. The molecule has 1 heterocycles. The Morgan fingerprint density at radius 1 is 1.86 bits per heavy atom. The summed E-state index contributed by atoms with van der Waals surface area (Å²) in [6.07, 6.45) is 3.76. The van der Waals surface area contributed by atoms with E-state index in [4.69, 9.17) is 5.41 Å². The molecule has 1 aliphatic heterocycles. The van der Waals surface area contributed by atoms with E-state index in [-0.39, 0.29) is 0 Å². The molecular formula is C5H8N2. The van der Waals surface area contributed by atoms with Gasteiger partial charge in [0.2, 0.25) is 0 Å². The largest absolute Gasteiger partial charge is 0.350 e. The van der Waals surface area contributed by atoms with Gasteiger partial charge in [0.1, 0.15) is 5.84 Å². The summed E-state index contributed by atoms with van der Waals surface area (Å²) < 4.78 is 0. The maximum absolute atomic E-state index is 7.08. The van der Waals surface area contributed by atoms with Crippen molar-refractivity contribution < 1.29 is 0 Å². The zero-order valence-electron chi connectivity index (χ0n) is 4.23. The topological polar surface area (TPSA) is 35.9 Å². The highest BCUT2D eigenvalue weighted by Gasteiger charge is 2.06. The van der Waals surface area contributed by atoms with Crippen molar-refractivity contribution in [2.75, 3.05) is 0 Å². The summed E-state index contributed by atoms with van der Waals surface area (Å²) in [5.74, 6) is 0.903. The van der Waals surface area contributed by atoms with Gasteiger partial charge < -0.3 is 5.32 Å². The lowest BCUT2D eigenvalue weighted by Gasteiger charge is -1.95. The van der Waals surface area contributed by atoms with Gasteiger partial charge in [0.25, 0.3) is 0 Å². The molecular weight excluding hydrogens is 88.1 g/mol. The van der Waals surface area contributed by atoms with Crippen molar-refractivity contribution in [3.63, 3.8) is 0 Å². The molecule has 0 spiro atoms. The molecule has 0 saturated heterocycles. The minimum Gasteiger partial charge on any atom is -0.350 e. The first-order valence-electron chi connectivity index (χ1n) is 2.32. The van der Waals surface area contributed by atoms with Gasteiger partial charge in [-0.05, 0) is 6.20 Å². The number of hydrogen-bond donors (Lipinski definition) is 2. The van der Waals surface area contributed by atoms with Crippen molar-refractivity contribution >= 4 is 5.84 Å². The van der Waals surface area contributed by atoms with Crippen molar-refractivity contribution in [1.29, 1.82) is 5.41 Å². The molecule has 38 valence electrons. The van der Waals surface area contributed by atoms with Crippen molar-refractivity contribution in [3.05, 3.63) is 12.3 Å². The summed E-state index contributed by atoms with van der Waals surface area (Å²) in [7, 11) is 0. The second kappa shape index (κ2) is 1.37. The Morgan fingerprint density at radius 3 is 2.71 bits per heavy atom. The van der Waals surface area contributed by atoms with Gasteiger partial charge in [-0.2, -0.15) is 0 Å². The Kier molecular flexibility index (Phi) is 0.855. The van der Waals surface area contributed by atoms with E-state index in [0.717, 1.165) is 0 Å². The van der Waals surface area contributed by atoms with Crippen LogP contribution in [0.1, 0.15) is 6.92 Å². The molecule has 1 rings (SSSR count). The number of nitrogens with one attached hydrogen (secondary N) is 2. The average molecular weight is 96.1 g/mol. The summed E-state index contributed by atoms with van der Waals surface area (Å²) in [6.45, 7) is 1.98. The number of amidine groups is 1. The van der Waals surface area contributed by atoms with Crippen LogP contribution >= 0.6 is 0 Å². The first-order valence-corrected chi connectivity index (χ1v) is 2.32. The maximum atomic E-state index is 7.08. The lowest BCUT2D eigenvalue weighted by atomic mass is 10.2. The summed E-state index contributed by atoms with van der Waals surface area (Å²) in [4.78, 5) is 0. The van der Waals surface area contributed by atoms with Gasteiger partial charge in [0, 0.05) is 5.92 Å². The molecule has 0 fully saturated rings. The molecule has 1 aliphatic rings. The van der Waals surface area contributed by atoms with Gasteiger partial charge in [-0.15, -0.1) is 0 Å². The van der Waals surface area contributed by atoms with Crippen LogP contribution in [0, 0.1) is 11.3 Å². The zero-order valence-corrected chi connectivity index (χ0v) is 4.23. The second-order valence-corrected chi connectivity index (χ2v) is 1.71. The van der Waals surface area contributed by atoms with E-state index in [2.05, 4.69) is 5.32 Å². The molecule has 0 radical (unpaired) electrons. The van der Waals surface area contributed by atoms with Crippen LogP contribution in [0.4, 0.5) is 0 Å². The van der Waals surface area contributed by atoms with E-state index in [0.29, 0.717) is 11.8 Å². The van der Waals surface area contributed by atoms with Crippen LogP contribution in [0.5, 0.6) is 0 Å². The van der Waals surface area contributed by atoms with Crippen LogP contribution in [0.25, 0.3) is 0 Å². The maximum Gasteiger partial charge on any atom is 0.104 e. The van der Waals surface area contributed by atoms with Gasteiger partial charge in [-0.3, -0.25) is 5.41 Å². The highest BCUT2D eigenvalue weighted by Crippen LogP contribution is 2.01. The van der Waals surface area contributed by atoms with Gasteiger partial charge in [0.15, 0.2) is 0 Å². The van der Waals surface area contributed by atoms with Crippen molar-refractivity contribution in [2.45, 2.75) is 6.92 Å². The fraction of sp³-hybridized carbons (Fsp3) is 0.400. The second-order valence-electron chi connectivity index (χ2n) is 1.71. The lowest BCUT2D eigenvalue weighted by molar-refractivity contribution is 0.984. The number of rotatable bonds is 0. The van der Waals surface area contributed by atoms with E-state index in [1.807, 2.05) is 13.0 Å². The van der Waals surface area contributed by atoms with Crippen LogP contribution < -0.4 is 5.32 Å². The molecule has 1 unspecified atom stereocenters. The molecule has 0 aliphatic carbocycles. The third kappa shape index (κ3) is 0.633. The third-order valence-corrected chi connectivity index (χ3v) is 1.08. The summed E-state index contributed by atoms with van der Waals surface area (Å²) in [6, 6.07) is 0. The number of hydrogen-bond acceptors (Lipinski definition) is 1. The SMILES string of the molecule is CC1C=CNC1=N. The Balaban J connectivity index is 2.62. The van der Waals surface area contributed by atoms with Crippen LogP contribution in [0.2, 0.25) is 0 Å². The van der Waals surface area contributed by atoms with E-state index >= 15 is 0 Å². The predicted molar refractivity (Wildman–Crippen MR) is 29.2 cm³/mol. The van der Waals surface area contributed by atoms with Gasteiger partial charge >= 0.3 is 0 Å². The zero-order chi connectivity index (χ0) is 5.28. The predicted octanol–water partition coefficient (Wildman–Crippen LogP) is 0.717. The minimum atomic E-state index is 0.306. The molecule has 2 heteroatoms. The average Bonchev–Trinajstić information content (AvgIpc) is 1.91. The van der Waals surface area contributed by atoms with E-state index in [1.165, 1.54) is 0 Å². The fourth-order valence-corrected chi connectivity index (χ4v) is 0.510. The molecule has 1 atom stereocenters. The van der Waals surface area contributed by atoms with Crippen LogP contribution in [0.3, 0.4) is 0 Å². The Morgan fingerprint density at radius 2 is 2.57 bits per heavy atom. The summed E-state index contributed by atoms with van der Waals surface area (Å²) in [5.41, 5.74) is 0. The first-order chi connectivity index (χ1) is 3.30. The van der Waals surface area contributed by atoms with Gasteiger partial charge in [-0.1, -0.05) is 13.0 Å². The Hall–Kier alpha value is -0.790. The van der Waals surface area contributed by atoms with E-state index in [9.17, 15) is 0 Å². The molecule has 0 amide bonds. The molecule has 0 saturated carbocycles. The van der Waals surface area contributed by atoms with Crippen molar-refractivity contribution in [1.82, 2.24) is 5.32 Å². The van der Waals surface area contributed by atoms with Crippen molar-refractivity contribution in [3.8, 4) is 0 Å². The molecule has 0 aromatic carbocycles. The lowest BCUT2D eigenvalue weighted by Crippen LogP contribution is -2.14. The van der Waals surface area contributed by atoms with Gasteiger partial charge in [-0.25, -0.2) is 0 Å². The molecule has 2 nitrogen and oxygen atoms in total. The van der Waals surface area contributed by atoms with Crippen LogP contribution in [0.15, 0.2) is 12.3 Å². The minimum absolute atomic E-state index is 0.306. The molecule has 0 aromatic rings. The Labute approximate surface area is 42.7 Å². The quantitative estimate of drug-likeness (QED) is 0.458. The Bertz CT molecular complexity index is 115. The monoisotopic (exact) mass is 96.1 g/mol.